The molecular weight excluding hydrogens is 482 g/mol. The number of nitrogens with zero attached hydrogens (tertiary/aromatic N) is 1. The minimum absolute atomic E-state index is 0.123. The van der Waals surface area contributed by atoms with Crippen LogP contribution in [0.1, 0.15) is 79.4 Å². The van der Waals surface area contributed by atoms with Gasteiger partial charge < -0.3 is 10.2 Å². The van der Waals surface area contributed by atoms with Crippen LogP contribution >= 0.6 is 11.8 Å². The number of fused-ring (bicyclic) bond motifs is 1. The van der Waals surface area contributed by atoms with E-state index in [1.807, 2.05) is 12.1 Å². The molecule has 3 aliphatic rings. The average Bonchev–Trinajstić information content (AvgIpc) is 3.21. The van der Waals surface area contributed by atoms with Gasteiger partial charge in [0.1, 0.15) is 6.04 Å². The Labute approximate surface area is 224 Å². The van der Waals surface area contributed by atoms with Crippen molar-refractivity contribution in [1.82, 2.24) is 15.5 Å². The summed E-state index contributed by atoms with van der Waals surface area (Å²) in [6.07, 6.45) is 6.87. The SMILES string of the molecule is CC1(C)CCC(NCCc2ccc(CSc3cccc4c3CN(C3CCC(=O)NC3=O)C4=O)cc2)CC1. The smallest absolute Gasteiger partial charge is 0.255 e. The Bertz CT molecular complexity index is 1170. The molecule has 2 heterocycles. The summed E-state index contributed by atoms with van der Waals surface area (Å²) >= 11 is 1.73. The third kappa shape index (κ3) is 6.10. The van der Waals surface area contributed by atoms with Gasteiger partial charge in [-0.15, -0.1) is 11.8 Å². The molecule has 2 aromatic carbocycles. The van der Waals surface area contributed by atoms with Gasteiger partial charge in [0.05, 0.1) is 0 Å². The van der Waals surface area contributed by atoms with E-state index in [-0.39, 0.29) is 24.1 Å². The lowest BCUT2D eigenvalue weighted by Gasteiger charge is -2.34. The van der Waals surface area contributed by atoms with Crippen LogP contribution in [-0.4, -0.2) is 41.2 Å². The summed E-state index contributed by atoms with van der Waals surface area (Å²) in [4.78, 5) is 39.6. The normalized spacial score (nSPS) is 21.7. The lowest BCUT2D eigenvalue weighted by Crippen LogP contribution is -2.52. The van der Waals surface area contributed by atoms with Crippen LogP contribution < -0.4 is 10.6 Å². The van der Waals surface area contributed by atoms with E-state index in [1.54, 1.807) is 16.7 Å². The molecule has 0 bridgehead atoms. The van der Waals surface area contributed by atoms with Crippen molar-refractivity contribution < 1.29 is 14.4 Å². The molecule has 0 spiro atoms. The van der Waals surface area contributed by atoms with Crippen LogP contribution in [0.4, 0.5) is 0 Å². The van der Waals surface area contributed by atoms with Gasteiger partial charge in [-0.05, 0) is 79.3 Å². The zero-order chi connectivity index (χ0) is 26.0. The number of amides is 3. The Morgan fingerprint density at radius 2 is 1.73 bits per heavy atom. The first kappa shape index (κ1) is 26.0. The first-order valence-electron chi connectivity index (χ1n) is 13.5. The second-order valence-electron chi connectivity index (χ2n) is 11.4. The number of hydrogen-bond acceptors (Lipinski definition) is 5. The first-order valence-corrected chi connectivity index (χ1v) is 14.5. The largest absolute Gasteiger partial charge is 0.322 e. The molecule has 3 amide bonds. The molecule has 0 aromatic heterocycles. The third-order valence-corrected chi connectivity index (χ3v) is 9.31. The summed E-state index contributed by atoms with van der Waals surface area (Å²) in [6.45, 7) is 6.19. The second-order valence-corrected chi connectivity index (χ2v) is 12.4. The van der Waals surface area contributed by atoms with Crippen molar-refractivity contribution in [2.24, 2.45) is 5.41 Å². The average molecular weight is 520 g/mol. The Morgan fingerprint density at radius 3 is 2.46 bits per heavy atom. The summed E-state index contributed by atoms with van der Waals surface area (Å²) in [5.74, 6) is 0.0585. The number of thioether (sulfide) groups is 1. The van der Waals surface area contributed by atoms with E-state index in [0.29, 0.717) is 30.0 Å². The zero-order valence-electron chi connectivity index (χ0n) is 21.8. The molecule has 2 N–H and O–H groups in total. The maximum atomic E-state index is 13.0. The van der Waals surface area contributed by atoms with Crippen molar-refractivity contribution in [3.8, 4) is 0 Å². The number of piperidine rings is 1. The molecule has 7 heteroatoms. The van der Waals surface area contributed by atoms with Gasteiger partial charge in [0, 0.05) is 35.2 Å². The van der Waals surface area contributed by atoms with E-state index in [0.717, 1.165) is 29.2 Å². The van der Waals surface area contributed by atoms with Crippen molar-refractivity contribution >= 4 is 29.5 Å². The summed E-state index contributed by atoms with van der Waals surface area (Å²) in [5.41, 5.74) is 4.76. The van der Waals surface area contributed by atoms with Gasteiger partial charge in [0.2, 0.25) is 11.8 Å². The van der Waals surface area contributed by atoms with Crippen molar-refractivity contribution in [3.05, 3.63) is 64.7 Å². The van der Waals surface area contributed by atoms with E-state index in [2.05, 4.69) is 54.8 Å². The van der Waals surface area contributed by atoms with Crippen molar-refractivity contribution in [3.63, 3.8) is 0 Å². The molecule has 1 atom stereocenters. The molecule has 2 aliphatic heterocycles. The van der Waals surface area contributed by atoms with Crippen molar-refractivity contribution in [2.45, 2.75) is 88.1 Å². The molecule has 2 fully saturated rings. The number of carbonyl (C=O) groups excluding carboxylic acids is 3. The Hall–Kier alpha value is -2.64. The van der Waals surface area contributed by atoms with Crippen LogP contribution in [0.2, 0.25) is 0 Å². The molecule has 1 saturated heterocycles. The lowest BCUT2D eigenvalue weighted by atomic mass is 9.75. The van der Waals surface area contributed by atoms with Gasteiger partial charge in [-0.2, -0.15) is 0 Å². The van der Waals surface area contributed by atoms with E-state index < -0.39 is 6.04 Å². The predicted molar refractivity (Wildman–Crippen MR) is 146 cm³/mol. The molecule has 0 radical (unpaired) electrons. The summed E-state index contributed by atoms with van der Waals surface area (Å²) < 4.78 is 0. The van der Waals surface area contributed by atoms with E-state index in [4.69, 9.17) is 0 Å². The van der Waals surface area contributed by atoms with Crippen LogP contribution in [0.5, 0.6) is 0 Å². The first-order chi connectivity index (χ1) is 17.8. The molecule has 6 nitrogen and oxygen atoms in total. The van der Waals surface area contributed by atoms with E-state index >= 15 is 0 Å². The highest BCUT2D eigenvalue weighted by atomic mass is 32.2. The predicted octanol–water partition coefficient (Wildman–Crippen LogP) is 4.84. The van der Waals surface area contributed by atoms with Crippen LogP contribution in [0.15, 0.2) is 47.4 Å². The number of rotatable bonds is 8. The van der Waals surface area contributed by atoms with Crippen LogP contribution in [-0.2, 0) is 28.3 Å². The van der Waals surface area contributed by atoms with Crippen molar-refractivity contribution in [2.75, 3.05) is 6.54 Å². The van der Waals surface area contributed by atoms with Gasteiger partial charge in [-0.3, -0.25) is 19.7 Å². The summed E-state index contributed by atoms with van der Waals surface area (Å²) in [6, 6.07) is 14.7. The third-order valence-electron chi connectivity index (χ3n) is 8.14. The Kier molecular flexibility index (Phi) is 7.72. The van der Waals surface area contributed by atoms with Gasteiger partial charge >= 0.3 is 0 Å². The highest BCUT2D eigenvalue weighted by Gasteiger charge is 2.39. The zero-order valence-corrected chi connectivity index (χ0v) is 22.7. The lowest BCUT2D eigenvalue weighted by molar-refractivity contribution is -0.136. The van der Waals surface area contributed by atoms with E-state index in [9.17, 15) is 14.4 Å². The summed E-state index contributed by atoms with van der Waals surface area (Å²) in [5, 5.41) is 6.12. The minimum Gasteiger partial charge on any atom is -0.322 e. The minimum atomic E-state index is -0.581. The second kappa shape index (κ2) is 11.0. The summed E-state index contributed by atoms with van der Waals surface area (Å²) in [7, 11) is 0. The highest BCUT2D eigenvalue weighted by molar-refractivity contribution is 7.98. The molecule has 1 saturated carbocycles. The number of benzene rings is 2. The fourth-order valence-electron chi connectivity index (χ4n) is 5.68. The molecule has 196 valence electrons. The molecular formula is C30H37N3O3S. The van der Waals surface area contributed by atoms with Crippen LogP contribution in [0, 0.1) is 5.41 Å². The van der Waals surface area contributed by atoms with Gasteiger partial charge in [0.25, 0.3) is 5.91 Å². The molecule has 1 unspecified atom stereocenters. The number of nitrogens with one attached hydrogen (secondary N) is 2. The number of hydrogen-bond donors (Lipinski definition) is 2. The number of imide groups is 1. The standard InChI is InChI=1S/C30H37N3O3S/c1-30(2)15-12-22(13-16-30)31-17-14-20-6-8-21(9-7-20)19-37-26-5-3-4-23-24(26)18-33(29(23)36)25-10-11-27(34)32-28(25)35/h3-9,22,25,31H,10-19H2,1-2H3,(H,32,34,35). The monoisotopic (exact) mass is 519 g/mol. The Balaban J connectivity index is 1.13. The quantitative estimate of drug-likeness (QED) is 0.385. The fraction of sp³-hybridized carbons (Fsp3) is 0.500. The fourth-order valence-corrected chi connectivity index (χ4v) is 6.72. The molecule has 1 aliphatic carbocycles. The van der Waals surface area contributed by atoms with Gasteiger partial charge in [-0.25, -0.2) is 0 Å². The molecule has 37 heavy (non-hydrogen) atoms. The highest BCUT2D eigenvalue weighted by Crippen LogP contribution is 2.36. The maximum absolute atomic E-state index is 13.0. The van der Waals surface area contributed by atoms with Gasteiger partial charge in [-0.1, -0.05) is 44.2 Å². The maximum Gasteiger partial charge on any atom is 0.255 e. The Morgan fingerprint density at radius 1 is 1.00 bits per heavy atom. The van der Waals surface area contributed by atoms with Gasteiger partial charge in [0.15, 0.2) is 0 Å². The topological polar surface area (TPSA) is 78.5 Å². The van der Waals surface area contributed by atoms with Crippen LogP contribution in [0.3, 0.4) is 0 Å². The van der Waals surface area contributed by atoms with E-state index in [1.165, 1.54) is 36.8 Å². The van der Waals surface area contributed by atoms with Crippen molar-refractivity contribution in [1.29, 1.82) is 0 Å². The number of carbonyl (C=O) groups is 3. The molecule has 5 rings (SSSR count). The van der Waals surface area contributed by atoms with Crippen LogP contribution in [0.25, 0.3) is 0 Å². The molecule has 2 aromatic rings.